The average Bonchev–Trinajstić information content (AvgIpc) is 2.18. The Morgan fingerprint density at radius 3 is 2.26 bits per heavy atom. The van der Waals surface area contributed by atoms with Crippen LogP contribution in [0.5, 0.6) is 0 Å². The van der Waals surface area contributed by atoms with E-state index in [4.69, 9.17) is 13.9 Å². The van der Waals surface area contributed by atoms with Crippen LogP contribution in [0.1, 0.15) is 19.8 Å². The van der Waals surface area contributed by atoms with Gasteiger partial charge in [-0.3, -0.25) is 9.42 Å². The maximum absolute atomic E-state index is 11.5. The summed E-state index contributed by atoms with van der Waals surface area (Å²) in [6.45, 7) is 5.29. The fourth-order valence-corrected chi connectivity index (χ4v) is 2.03. The second-order valence-electron chi connectivity index (χ2n) is 4.90. The molecule has 0 aliphatic carbocycles. The molecule has 1 N–H and O–H groups in total. The zero-order valence-corrected chi connectivity index (χ0v) is 12.8. The van der Waals surface area contributed by atoms with Crippen molar-refractivity contribution in [1.29, 1.82) is 0 Å². The Morgan fingerprint density at radius 2 is 1.79 bits per heavy atom. The quantitative estimate of drug-likeness (QED) is 0.174. The standard InChI is InChI=1S/C11H22NO6P/c1-10(2)11(13)16-8-6-7-9-17-19(14,15)18-12(3,4)5/h1,6-9H2,2-5H3/p+1. The Bertz CT molecular complexity index is 363. The second kappa shape index (κ2) is 7.77. The van der Waals surface area contributed by atoms with Crippen LogP contribution in [0.2, 0.25) is 0 Å². The van der Waals surface area contributed by atoms with Gasteiger partial charge in [0.1, 0.15) is 0 Å². The minimum atomic E-state index is -4.05. The highest BCUT2D eigenvalue weighted by Gasteiger charge is 2.30. The van der Waals surface area contributed by atoms with Crippen LogP contribution in [0.3, 0.4) is 0 Å². The molecule has 7 nitrogen and oxygen atoms in total. The van der Waals surface area contributed by atoms with Crippen molar-refractivity contribution < 1.29 is 32.8 Å². The average molecular weight is 296 g/mol. The van der Waals surface area contributed by atoms with E-state index in [2.05, 4.69) is 6.58 Å². The third kappa shape index (κ3) is 10.9. The fourth-order valence-electron chi connectivity index (χ4n) is 1.01. The van der Waals surface area contributed by atoms with Crippen molar-refractivity contribution in [2.75, 3.05) is 34.4 Å². The van der Waals surface area contributed by atoms with Crippen molar-refractivity contribution >= 4 is 13.8 Å². The van der Waals surface area contributed by atoms with Crippen molar-refractivity contribution in [3.63, 3.8) is 0 Å². The molecular weight excluding hydrogens is 273 g/mol. The summed E-state index contributed by atoms with van der Waals surface area (Å²) in [5, 5.41) is 0. The minimum absolute atomic E-state index is 0.0540. The summed E-state index contributed by atoms with van der Waals surface area (Å²) in [6.07, 6.45) is 1.01. The molecule has 1 unspecified atom stereocenters. The van der Waals surface area contributed by atoms with E-state index >= 15 is 0 Å². The number of hydroxylamine groups is 3. The van der Waals surface area contributed by atoms with Crippen molar-refractivity contribution in [3.05, 3.63) is 12.2 Å². The number of nitrogens with zero attached hydrogens (tertiary/aromatic N) is 1. The number of unbranched alkanes of at least 4 members (excludes halogenated alkanes) is 1. The van der Waals surface area contributed by atoms with Crippen LogP contribution in [0.4, 0.5) is 0 Å². The lowest BCUT2D eigenvalue weighted by molar-refractivity contribution is -1.04. The summed E-state index contributed by atoms with van der Waals surface area (Å²) in [4.78, 5) is 20.4. The number of phosphoric ester groups is 1. The van der Waals surface area contributed by atoms with E-state index < -0.39 is 13.8 Å². The molecule has 0 bridgehead atoms. The summed E-state index contributed by atoms with van der Waals surface area (Å²) < 4.78 is 25.8. The largest absolute Gasteiger partial charge is 0.518 e. The van der Waals surface area contributed by atoms with Gasteiger partial charge in [0.2, 0.25) is 0 Å². The predicted molar refractivity (Wildman–Crippen MR) is 69.9 cm³/mol. The molecule has 0 rings (SSSR count). The molecule has 0 aromatic rings. The van der Waals surface area contributed by atoms with Gasteiger partial charge in [0, 0.05) is 5.57 Å². The van der Waals surface area contributed by atoms with E-state index in [-0.39, 0.29) is 17.9 Å². The molecular formula is C11H23NO6P+. The summed E-state index contributed by atoms with van der Waals surface area (Å²) in [6, 6.07) is 0. The Balaban J connectivity index is 3.72. The first-order valence-corrected chi connectivity index (χ1v) is 7.36. The maximum Gasteiger partial charge on any atom is 0.518 e. The molecule has 0 saturated carbocycles. The number of carbonyl (C=O) groups excluding carboxylic acids is 1. The number of hydrogen-bond donors (Lipinski definition) is 1. The normalized spacial score (nSPS) is 14.8. The number of carbonyl (C=O) groups is 1. The Kier molecular flexibility index (Phi) is 7.47. The van der Waals surface area contributed by atoms with Gasteiger partial charge in [-0.25, -0.2) is 9.36 Å². The highest BCUT2D eigenvalue weighted by atomic mass is 31.2. The lowest BCUT2D eigenvalue weighted by atomic mass is 10.3. The van der Waals surface area contributed by atoms with Gasteiger partial charge in [-0.15, -0.1) is 0 Å². The molecule has 0 radical (unpaired) electrons. The van der Waals surface area contributed by atoms with E-state index in [1.807, 2.05) is 0 Å². The molecule has 0 fully saturated rings. The summed E-state index contributed by atoms with van der Waals surface area (Å²) in [7, 11) is 0.754. The van der Waals surface area contributed by atoms with Crippen molar-refractivity contribution in [2.24, 2.45) is 0 Å². The highest BCUT2D eigenvalue weighted by molar-refractivity contribution is 7.47. The van der Waals surface area contributed by atoms with E-state index in [1.165, 1.54) is 0 Å². The van der Waals surface area contributed by atoms with Crippen LogP contribution >= 0.6 is 7.82 Å². The van der Waals surface area contributed by atoms with Crippen LogP contribution in [0.25, 0.3) is 0 Å². The number of ether oxygens (including phenoxy) is 1. The second-order valence-corrected chi connectivity index (χ2v) is 6.25. The van der Waals surface area contributed by atoms with E-state index in [9.17, 15) is 14.3 Å². The number of esters is 1. The molecule has 0 aromatic carbocycles. The SMILES string of the molecule is C=C(C)C(=O)OCCCCOP(=O)(O)O[N+](C)(C)C. The number of hydrogen-bond acceptors (Lipinski definition) is 5. The molecule has 0 spiro atoms. The number of quaternary nitrogens is 1. The molecule has 0 aromatic heterocycles. The Labute approximate surface area is 113 Å². The summed E-state index contributed by atoms with van der Waals surface area (Å²) in [5.74, 6) is -0.442. The molecule has 0 amide bonds. The van der Waals surface area contributed by atoms with Gasteiger partial charge in [0.15, 0.2) is 0 Å². The zero-order chi connectivity index (χ0) is 15.1. The summed E-state index contributed by atoms with van der Waals surface area (Å²) in [5.41, 5.74) is 0.340. The van der Waals surface area contributed by atoms with Gasteiger partial charge < -0.3 is 4.74 Å². The number of phosphoric acid groups is 1. The van der Waals surface area contributed by atoms with Crippen LogP contribution < -0.4 is 0 Å². The molecule has 0 aliphatic rings. The van der Waals surface area contributed by atoms with Gasteiger partial charge >= 0.3 is 13.8 Å². The fraction of sp³-hybridized carbons (Fsp3) is 0.727. The first-order valence-electron chi connectivity index (χ1n) is 5.86. The van der Waals surface area contributed by atoms with Crippen LogP contribution in [0.15, 0.2) is 12.2 Å². The predicted octanol–water partition coefficient (Wildman–Crippen LogP) is 1.64. The summed E-state index contributed by atoms with van der Waals surface area (Å²) >= 11 is 0. The topological polar surface area (TPSA) is 82.1 Å². The third-order valence-electron chi connectivity index (χ3n) is 1.72. The molecule has 0 aliphatic heterocycles. The first kappa shape index (κ1) is 18.3. The Hall–Kier alpha value is -0.720. The first-order chi connectivity index (χ1) is 8.53. The molecule has 0 heterocycles. The Morgan fingerprint density at radius 1 is 1.26 bits per heavy atom. The minimum Gasteiger partial charge on any atom is -0.462 e. The van der Waals surface area contributed by atoms with Crippen LogP contribution in [-0.2, 0) is 23.2 Å². The molecule has 1 atom stereocenters. The van der Waals surface area contributed by atoms with Gasteiger partial charge in [-0.2, -0.15) is 4.65 Å². The van der Waals surface area contributed by atoms with Crippen LogP contribution in [-0.4, -0.2) is 49.9 Å². The highest BCUT2D eigenvalue weighted by Crippen LogP contribution is 2.45. The monoisotopic (exact) mass is 296 g/mol. The van der Waals surface area contributed by atoms with Gasteiger partial charge in [0.25, 0.3) is 0 Å². The molecule has 112 valence electrons. The number of rotatable bonds is 9. The zero-order valence-electron chi connectivity index (χ0n) is 11.9. The van der Waals surface area contributed by atoms with Crippen molar-refractivity contribution in [1.82, 2.24) is 0 Å². The lowest BCUT2D eigenvalue weighted by Gasteiger charge is -2.22. The van der Waals surface area contributed by atoms with Gasteiger partial charge in [-0.1, -0.05) is 11.2 Å². The van der Waals surface area contributed by atoms with E-state index in [1.54, 1.807) is 28.1 Å². The van der Waals surface area contributed by atoms with Crippen molar-refractivity contribution in [3.8, 4) is 0 Å². The van der Waals surface area contributed by atoms with Gasteiger partial charge in [0.05, 0.1) is 34.4 Å². The van der Waals surface area contributed by atoms with E-state index in [0.29, 0.717) is 18.4 Å². The molecule has 0 saturated heterocycles. The van der Waals surface area contributed by atoms with Crippen molar-refractivity contribution in [2.45, 2.75) is 19.8 Å². The maximum atomic E-state index is 11.5. The molecule has 8 heteroatoms. The lowest BCUT2D eigenvalue weighted by Crippen LogP contribution is -2.33. The third-order valence-corrected chi connectivity index (χ3v) is 2.93. The smallest absolute Gasteiger partial charge is 0.462 e. The van der Waals surface area contributed by atoms with E-state index in [0.717, 1.165) is 0 Å². The van der Waals surface area contributed by atoms with Gasteiger partial charge in [-0.05, 0) is 19.8 Å². The van der Waals surface area contributed by atoms with Crippen LogP contribution in [0, 0.1) is 0 Å². The molecule has 19 heavy (non-hydrogen) atoms.